The van der Waals surface area contributed by atoms with Gasteiger partial charge in [0.05, 0.1) is 17.7 Å². The Hall–Kier alpha value is -2.34. The summed E-state index contributed by atoms with van der Waals surface area (Å²) in [7, 11) is 1.68. The summed E-state index contributed by atoms with van der Waals surface area (Å²) in [6.07, 6.45) is 1.75. The van der Waals surface area contributed by atoms with Crippen LogP contribution in [0, 0.1) is 6.92 Å². The second kappa shape index (κ2) is 7.35. The van der Waals surface area contributed by atoms with Gasteiger partial charge in [0.1, 0.15) is 18.2 Å². The minimum atomic E-state index is -0.103. The molecule has 2 aromatic carbocycles. The molecule has 0 aromatic heterocycles. The maximum Gasteiger partial charge on any atom is 0.232 e. The number of allylic oxidation sites excluding steroid dienone is 1. The van der Waals surface area contributed by atoms with Crippen molar-refractivity contribution in [3.05, 3.63) is 63.4 Å². The van der Waals surface area contributed by atoms with Crippen LogP contribution in [0.4, 0.5) is 0 Å². The Morgan fingerprint density at radius 3 is 2.81 bits per heavy atom. The van der Waals surface area contributed by atoms with Crippen LogP contribution < -0.4 is 9.47 Å². The molecule has 2 heterocycles. The predicted octanol–water partition coefficient (Wildman–Crippen LogP) is 4.06. The zero-order chi connectivity index (χ0) is 19.0. The van der Waals surface area contributed by atoms with Gasteiger partial charge in [0.25, 0.3) is 0 Å². The number of halogens is 1. The second-order valence-corrected chi connectivity index (χ2v) is 7.12. The van der Waals surface area contributed by atoms with E-state index in [0.29, 0.717) is 42.0 Å². The van der Waals surface area contributed by atoms with Crippen LogP contribution in [-0.4, -0.2) is 37.7 Å². The van der Waals surface area contributed by atoms with Gasteiger partial charge < -0.3 is 14.2 Å². The Bertz CT molecular complexity index is 921. The fourth-order valence-corrected chi connectivity index (χ4v) is 3.48. The second-order valence-electron chi connectivity index (χ2n) is 6.68. The van der Waals surface area contributed by atoms with Gasteiger partial charge in [0.2, 0.25) is 5.78 Å². The molecule has 0 fully saturated rings. The third-order valence-corrected chi connectivity index (χ3v) is 5.02. The molecule has 2 aliphatic heterocycles. The summed E-state index contributed by atoms with van der Waals surface area (Å²) >= 11 is 5.93. The van der Waals surface area contributed by atoms with Gasteiger partial charge in [0, 0.05) is 25.2 Å². The van der Waals surface area contributed by atoms with E-state index in [1.807, 2.05) is 25.1 Å². The largest absolute Gasteiger partial charge is 0.478 e. The Kier molecular flexibility index (Phi) is 4.91. The molecule has 2 aliphatic rings. The number of ketones is 1. The lowest BCUT2D eigenvalue weighted by Crippen LogP contribution is -2.34. The van der Waals surface area contributed by atoms with E-state index in [9.17, 15) is 4.79 Å². The molecule has 2 aromatic rings. The lowest BCUT2D eigenvalue weighted by Gasteiger charge is -2.29. The van der Waals surface area contributed by atoms with Crippen LogP contribution in [-0.2, 0) is 11.3 Å². The number of hydrogen-bond donors (Lipinski definition) is 0. The van der Waals surface area contributed by atoms with Gasteiger partial charge in [-0.2, -0.15) is 0 Å². The minimum Gasteiger partial charge on any atom is -0.478 e. The van der Waals surface area contributed by atoms with Crippen molar-refractivity contribution in [2.75, 3.05) is 27.0 Å². The highest BCUT2D eigenvalue weighted by Crippen LogP contribution is 2.44. The highest BCUT2D eigenvalue weighted by Gasteiger charge is 2.35. The minimum absolute atomic E-state index is 0.103. The quantitative estimate of drug-likeness (QED) is 0.743. The van der Waals surface area contributed by atoms with Crippen LogP contribution >= 0.6 is 11.6 Å². The van der Waals surface area contributed by atoms with Crippen molar-refractivity contribution in [1.82, 2.24) is 4.90 Å². The first-order valence-corrected chi connectivity index (χ1v) is 9.15. The van der Waals surface area contributed by atoms with Crippen LogP contribution in [0.5, 0.6) is 11.5 Å². The van der Waals surface area contributed by atoms with E-state index >= 15 is 0 Å². The average molecular weight is 386 g/mol. The van der Waals surface area contributed by atoms with Gasteiger partial charge in [-0.15, -0.1) is 0 Å². The maximum absolute atomic E-state index is 12.9. The molecule has 0 amide bonds. The normalized spacial score (nSPS) is 17.4. The molecular weight excluding hydrogens is 366 g/mol. The first-order valence-electron chi connectivity index (χ1n) is 8.77. The maximum atomic E-state index is 12.9. The molecule has 0 bridgehead atoms. The number of benzene rings is 2. The van der Waals surface area contributed by atoms with E-state index < -0.39 is 0 Å². The molecule has 140 valence electrons. The van der Waals surface area contributed by atoms with E-state index in [0.717, 1.165) is 29.0 Å². The van der Waals surface area contributed by atoms with Crippen LogP contribution in [0.3, 0.4) is 0 Å². The smallest absolute Gasteiger partial charge is 0.232 e. The van der Waals surface area contributed by atoms with Crippen LogP contribution in [0.1, 0.15) is 27.0 Å². The summed E-state index contributed by atoms with van der Waals surface area (Å²) < 4.78 is 17.1. The third-order valence-electron chi connectivity index (χ3n) is 4.77. The fourth-order valence-electron chi connectivity index (χ4n) is 3.35. The highest BCUT2D eigenvalue weighted by molar-refractivity contribution is 6.30. The number of methoxy groups -OCH3 is 1. The van der Waals surface area contributed by atoms with Gasteiger partial charge in [-0.3, -0.25) is 9.69 Å². The standard InChI is InChI=1S/C21H20ClNO4/c1-13-9-17-16(11-23(12-26-17)7-8-25-2)21-19(13)20(24)18(27-21)10-14-3-5-15(22)6-4-14/h3-6,9-10H,7-8,11-12H2,1-2H3/b18-10-. The summed E-state index contributed by atoms with van der Waals surface area (Å²) in [5.74, 6) is 1.60. The summed E-state index contributed by atoms with van der Waals surface area (Å²) in [6, 6.07) is 9.21. The molecule has 27 heavy (non-hydrogen) atoms. The van der Waals surface area contributed by atoms with E-state index in [1.54, 1.807) is 25.3 Å². The van der Waals surface area contributed by atoms with E-state index in [4.69, 9.17) is 25.8 Å². The number of aryl methyl sites for hydroxylation is 1. The first kappa shape index (κ1) is 18.0. The lowest BCUT2D eigenvalue weighted by molar-refractivity contribution is 0.0646. The summed E-state index contributed by atoms with van der Waals surface area (Å²) in [6.45, 7) is 4.43. The fraction of sp³-hybridized carbons (Fsp3) is 0.286. The van der Waals surface area contributed by atoms with Gasteiger partial charge in [-0.1, -0.05) is 23.7 Å². The molecule has 0 aliphatic carbocycles. The molecule has 4 rings (SSSR count). The van der Waals surface area contributed by atoms with Crippen LogP contribution in [0.15, 0.2) is 36.1 Å². The monoisotopic (exact) mass is 385 g/mol. The zero-order valence-electron chi connectivity index (χ0n) is 15.3. The SMILES string of the molecule is COCCN1COc2cc(C)c3c(c2C1)O/C(=C\c1ccc(Cl)cc1)C3=O. The number of rotatable bonds is 4. The molecule has 0 N–H and O–H groups in total. The molecule has 0 spiro atoms. The van der Waals surface area contributed by atoms with Crippen molar-refractivity contribution in [3.63, 3.8) is 0 Å². The highest BCUT2D eigenvalue weighted by atomic mass is 35.5. The molecule has 0 radical (unpaired) electrons. The molecular formula is C21H20ClNO4. The Morgan fingerprint density at radius 2 is 2.07 bits per heavy atom. The summed E-state index contributed by atoms with van der Waals surface area (Å²) in [5, 5.41) is 0.650. The van der Waals surface area contributed by atoms with Crippen molar-refractivity contribution >= 4 is 23.5 Å². The van der Waals surface area contributed by atoms with Crippen LogP contribution in [0.2, 0.25) is 5.02 Å². The molecule has 0 unspecified atom stereocenters. The number of carbonyl (C=O) groups excluding carboxylic acids is 1. The number of nitrogens with zero attached hydrogens (tertiary/aromatic N) is 1. The third kappa shape index (κ3) is 3.46. The van der Waals surface area contributed by atoms with E-state index in [-0.39, 0.29) is 5.78 Å². The molecule has 6 heteroatoms. The number of Topliss-reactive ketones (excluding diaryl/α,β-unsaturated/α-hetero) is 1. The number of ether oxygens (including phenoxy) is 3. The van der Waals surface area contributed by atoms with Crippen molar-refractivity contribution in [2.45, 2.75) is 13.5 Å². The molecule has 0 saturated carbocycles. The van der Waals surface area contributed by atoms with Crippen molar-refractivity contribution in [3.8, 4) is 11.5 Å². The predicted molar refractivity (Wildman–Crippen MR) is 103 cm³/mol. The lowest BCUT2D eigenvalue weighted by atomic mass is 9.98. The van der Waals surface area contributed by atoms with Crippen molar-refractivity contribution in [2.24, 2.45) is 0 Å². The first-order chi connectivity index (χ1) is 13.1. The van der Waals surface area contributed by atoms with E-state index in [2.05, 4.69) is 4.90 Å². The van der Waals surface area contributed by atoms with Crippen molar-refractivity contribution < 1.29 is 19.0 Å². The number of carbonyl (C=O) groups is 1. The zero-order valence-corrected chi connectivity index (χ0v) is 16.0. The van der Waals surface area contributed by atoms with Gasteiger partial charge in [0.15, 0.2) is 5.76 Å². The Morgan fingerprint density at radius 1 is 1.30 bits per heavy atom. The molecule has 0 atom stereocenters. The van der Waals surface area contributed by atoms with Gasteiger partial charge in [-0.05, 0) is 42.3 Å². The molecule has 0 saturated heterocycles. The van der Waals surface area contributed by atoms with E-state index in [1.165, 1.54) is 0 Å². The Balaban J connectivity index is 1.68. The number of fused-ring (bicyclic) bond motifs is 3. The van der Waals surface area contributed by atoms with Crippen LogP contribution in [0.25, 0.3) is 6.08 Å². The molecule has 5 nitrogen and oxygen atoms in total. The van der Waals surface area contributed by atoms with Crippen molar-refractivity contribution in [1.29, 1.82) is 0 Å². The van der Waals surface area contributed by atoms with Gasteiger partial charge in [-0.25, -0.2) is 0 Å². The average Bonchev–Trinajstić information content (AvgIpc) is 2.99. The summed E-state index contributed by atoms with van der Waals surface area (Å²) in [5.41, 5.74) is 3.25. The Labute approximate surface area is 163 Å². The topological polar surface area (TPSA) is 48.0 Å². The summed E-state index contributed by atoms with van der Waals surface area (Å²) in [4.78, 5) is 15.1. The number of hydrogen-bond acceptors (Lipinski definition) is 5. The van der Waals surface area contributed by atoms with Gasteiger partial charge >= 0.3 is 0 Å².